The Balaban J connectivity index is 1.25. The summed E-state index contributed by atoms with van der Waals surface area (Å²) in [6.45, 7) is 0. The van der Waals surface area contributed by atoms with Crippen LogP contribution < -0.4 is 0 Å². The molecule has 266 valence electrons. The van der Waals surface area contributed by atoms with E-state index in [-0.39, 0.29) is 0 Å². The summed E-state index contributed by atoms with van der Waals surface area (Å²) in [6, 6.07) is 64.8. The molecule has 4 aromatic heterocycles. The van der Waals surface area contributed by atoms with Gasteiger partial charge < -0.3 is 4.57 Å². The van der Waals surface area contributed by atoms with Crippen LogP contribution in [0.3, 0.4) is 0 Å². The molecule has 0 radical (unpaired) electrons. The van der Waals surface area contributed by atoms with Gasteiger partial charge in [0.2, 0.25) is 0 Å². The summed E-state index contributed by atoms with van der Waals surface area (Å²) in [5.74, 6) is 1.94. The van der Waals surface area contributed by atoms with E-state index >= 15 is 0 Å². The van der Waals surface area contributed by atoms with Gasteiger partial charge in [0.05, 0.1) is 11.0 Å². The van der Waals surface area contributed by atoms with Gasteiger partial charge in [-0.2, -0.15) is 0 Å². The highest BCUT2D eigenvalue weighted by molar-refractivity contribution is 7.28. The molecule has 0 aliphatic heterocycles. The second kappa shape index (κ2) is 12.8. The molecule has 57 heavy (non-hydrogen) atoms. The molecule has 4 heterocycles. The Kier molecular flexibility index (Phi) is 7.24. The standard InChI is InChI=1S/C51H30N4S2/c1-4-15-31(16-5-1)35-23-14-24-37-36-21-10-12-25-41(36)55(47(35)37)34-29-39-46-44(28-27-43-45(46)38-22-11-13-26-42(38)56-43)57-48(39)40(30-34)51-53-49(32-17-6-2-7-18-32)52-50(54-51)33-19-8-3-9-20-33/h1-30H. The van der Waals surface area contributed by atoms with Crippen LogP contribution in [0.15, 0.2) is 182 Å². The first-order valence-electron chi connectivity index (χ1n) is 19.0. The van der Waals surface area contributed by atoms with Crippen molar-refractivity contribution < 1.29 is 0 Å². The topological polar surface area (TPSA) is 43.6 Å². The van der Waals surface area contributed by atoms with Gasteiger partial charge in [-0.25, -0.2) is 15.0 Å². The second-order valence-corrected chi connectivity index (χ2v) is 16.5. The number of aromatic nitrogens is 4. The number of hydrogen-bond acceptors (Lipinski definition) is 5. The van der Waals surface area contributed by atoms with Crippen molar-refractivity contribution in [1.29, 1.82) is 0 Å². The summed E-state index contributed by atoms with van der Waals surface area (Å²) < 4.78 is 7.44. The zero-order valence-corrected chi connectivity index (χ0v) is 32.1. The normalized spacial score (nSPS) is 11.9. The van der Waals surface area contributed by atoms with E-state index in [1.165, 1.54) is 63.1 Å². The van der Waals surface area contributed by atoms with Crippen LogP contribution in [0.4, 0.5) is 0 Å². The maximum atomic E-state index is 5.31. The molecule has 0 amide bonds. The van der Waals surface area contributed by atoms with Crippen molar-refractivity contribution in [2.75, 3.05) is 0 Å². The highest BCUT2D eigenvalue weighted by Crippen LogP contribution is 2.48. The minimum absolute atomic E-state index is 0.647. The van der Waals surface area contributed by atoms with Crippen LogP contribution in [-0.4, -0.2) is 19.5 Å². The smallest absolute Gasteiger partial charge is 0.165 e. The van der Waals surface area contributed by atoms with Gasteiger partial charge in [0.15, 0.2) is 17.5 Å². The molecular formula is C51H30N4S2. The summed E-state index contributed by atoms with van der Waals surface area (Å²) in [4.78, 5) is 15.7. The van der Waals surface area contributed by atoms with Gasteiger partial charge in [-0.15, -0.1) is 22.7 Å². The van der Waals surface area contributed by atoms with E-state index in [4.69, 9.17) is 15.0 Å². The fourth-order valence-electron chi connectivity index (χ4n) is 8.53. The Morgan fingerprint density at radius 3 is 1.65 bits per heavy atom. The molecule has 0 unspecified atom stereocenters. The molecule has 12 aromatic rings. The molecule has 0 aliphatic rings. The van der Waals surface area contributed by atoms with Gasteiger partial charge in [0.25, 0.3) is 0 Å². The highest BCUT2D eigenvalue weighted by atomic mass is 32.1. The van der Waals surface area contributed by atoms with Crippen LogP contribution in [0, 0.1) is 0 Å². The van der Waals surface area contributed by atoms with Gasteiger partial charge in [0.1, 0.15) is 0 Å². The first kappa shape index (κ1) is 32.3. The van der Waals surface area contributed by atoms with Crippen LogP contribution in [0.2, 0.25) is 0 Å². The molecule has 0 aliphatic carbocycles. The lowest BCUT2D eigenvalue weighted by Gasteiger charge is -2.15. The Labute approximate surface area is 335 Å². The van der Waals surface area contributed by atoms with E-state index in [2.05, 4.69) is 150 Å². The lowest BCUT2D eigenvalue weighted by atomic mass is 10.0. The Bertz CT molecular complexity index is 3450. The summed E-state index contributed by atoms with van der Waals surface area (Å²) >= 11 is 3.68. The predicted octanol–water partition coefficient (Wildman–Crippen LogP) is 14.4. The molecule has 0 fully saturated rings. The molecule has 12 rings (SSSR count). The minimum atomic E-state index is 0.647. The van der Waals surface area contributed by atoms with E-state index < -0.39 is 0 Å². The molecule has 0 atom stereocenters. The highest BCUT2D eigenvalue weighted by Gasteiger charge is 2.23. The van der Waals surface area contributed by atoms with Crippen molar-refractivity contribution in [3.8, 4) is 51.0 Å². The third-order valence-electron chi connectivity index (χ3n) is 11.0. The van der Waals surface area contributed by atoms with Crippen molar-refractivity contribution in [2.45, 2.75) is 0 Å². The van der Waals surface area contributed by atoms with Gasteiger partial charge in [-0.3, -0.25) is 0 Å². The Hall–Kier alpha value is -6.99. The molecule has 0 spiro atoms. The van der Waals surface area contributed by atoms with Crippen LogP contribution in [-0.2, 0) is 0 Å². The summed E-state index contributed by atoms with van der Waals surface area (Å²) in [5, 5.41) is 7.50. The first-order valence-corrected chi connectivity index (χ1v) is 20.7. The molecule has 8 aromatic carbocycles. The van der Waals surface area contributed by atoms with Gasteiger partial charge >= 0.3 is 0 Å². The SMILES string of the molecule is c1ccc(-c2nc(-c3ccccc3)nc(-c3cc(-n4c5ccccc5c5cccc(-c6ccccc6)c54)cc4c3sc3ccc5sc6ccccc6c5c34)n2)cc1. The van der Waals surface area contributed by atoms with E-state index in [9.17, 15) is 0 Å². The lowest BCUT2D eigenvalue weighted by molar-refractivity contribution is 1.07. The van der Waals surface area contributed by atoms with E-state index in [0.717, 1.165) is 32.6 Å². The van der Waals surface area contributed by atoms with Crippen molar-refractivity contribution >= 4 is 84.8 Å². The van der Waals surface area contributed by atoms with E-state index in [1.54, 1.807) is 0 Å². The maximum absolute atomic E-state index is 5.31. The number of nitrogens with zero attached hydrogens (tertiary/aromatic N) is 4. The van der Waals surface area contributed by atoms with Crippen molar-refractivity contribution in [2.24, 2.45) is 0 Å². The zero-order valence-electron chi connectivity index (χ0n) is 30.4. The fourth-order valence-corrected chi connectivity index (χ4v) is 10.8. The number of hydrogen-bond donors (Lipinski definition) is 0. The number of thiophene rings is 2. The van der Waals surface area contributed by atoms with E-state index in [1.807, 2.05) is 59.1 Å². The summed E-state index contributed by atoms with van der Waals surface area (Å²) in [5.41, 5.74) is 8.63. The number of benzene rings is 8. The molecule has 6 heteroatoms. The molecule has 0 saturated heterocycles. The summed E-state index contributed by atoms with van der Waals surface area (Å²) in [7, 11) is 0. The molecule has 4 nitrogen and oxygen atoms in total. The Morgan fingerprint density at radius 1 is 0.368 bits per heavy atom. The van der Waals surface area contributed by atoms with Crippen LogP contribution in [0.25, 0.3) is 113 Å². The average molecular weight is 763 g/mol. The molecular weight excluding hydrogens is 733 g/mol. The van der Waals surface area contributed by atoms with Crippen LogP contribution in [0.5, 0.6) is 0 Å². The number of fused-ring (bicyclic) bond motifs is 10. The van der Waals surface area contributed by atoms with Gasteiger partial charge in [0, 0.05) is 79.1 Å². The lowest BCUT2D eigenvalue weighted by Crippen LogP contribution is -2.01. The average Bonchev–Trinajstić information content (AvgIpc) is 3.96. The minimum Gasteiger partial charge on any atom is -0.309 e. The zero-order chi connectivity index (χ0) is 37.5. The van der Waals surface area contributed by atoms with Gasteiger partial charge in [-0.1, -0.05) is 146 Å². The van der Waals surface area contributed by atoms with E-state index in [0.29, 0.717) is 17.5 Å². The largest absolute Gasteiger partial charge is 0.309 e. The number of para-hydroxylation sites is 2. The second-order valence-electron chi connectivity index (χ2n) is 14.3. The third kappa shape index (κ3) is 5.08. The van der Waals surface area contributed by atoms with Gasteiger partial charge in [-0.05, 0) is 42.0 Å². The van der Waals surface area contributed by atoms with Crippen molar-refractivity contribution in [1.82, 2.24) is 19.5 Å². The van der Waals surface area contributed by atoms with Crippen molar-refractivity contribution in [3.05, 3.63) is 182 Å². The van der Waals surface area contributed by atoms with Crippen LogP contribution >= 0.6 is 22.7 Å². The quantitative estimate of drug-likeness (QED) is 0.175. The molecule has 0 N–H and O–H groups in total. The van der Waals surface area contributed by atoms with Crippen molar-refractivity contribution in [3.63, 3.8) is 0 Å². The molecule has 0 saturated carbocycles. The number of rotatable bonds is 5. The maximum Gasteiger partial charge on any atom is 0.165 e. The fraction of sp³-hybridized carbons (Fsp3) is 0. The Morgan fingerprint density at radius 2 is 0.930 bits per heavy atom. The monoisotopic (exact) mass is 762 g/mol. The molecule has 0 bridgehead atoms. The summed E-state index contributed by atoms with van der Waals surface area (Å²) in [6.07, 6.45) is 0. The first-order chi connectivity index (χ1) is 28.3. The predicted molar refractivity (Wildman–Crippen MR) is 242 cm³/mol. The van der Waals surface area contributed by atoms with Crippen LogP contribution in [0.1, 0.15) is 0 Å². The third-order valence-corrected chi connectivity index (χ3v) is 13.4.